The minimum absolute atomic E-state index is 0.186. The standard InChI is InChI=1S/C19H19F2N5O/c1-26-11-15(10-22-26)13-2-3-16-14(8-13)9-17(25-24-16)23-18(27)12-4-6-19(20,21)7-5-12/h2-3,8-12H,4-7H2,1H3,(H,23,25,27). The number of halogens is 2. The van der Waals surface area contributed by atoms with Crippen LogP contribution in [0.3, 0.4) is 0 Å². The molecular weight excluding hydrogens is 352 g/mol. The molecule has 3 aromatic rings. The zero-order valence-corrected chi connectivity index (χ0v) is 14.8. The van der Waals surface area contributed by atoms with Gasteiger partial charge < -0.3 is 5.32 Å². The molecule has 8 heteroatoms. The van der Waals surface area contributed by atoms with E-state index >= 15 is 0 Å². The molecule has 0 spiro atoms. The molecule has 1 aliphatic carbocycles. The minimum atomic E-state index is -2.65. The Morgan fingerprint density at radius 3 is 2.67 bits per heavy atom. The van der Waals surface area contributed by atoms with Gasteiger partial charge in [-0.1, -0.05) is 6.07 Å². The van der Waals surface area contributed by atoms with Crippen LogP contribution in [0.5, 0.6) is 0 Å². The number of fused-ring (bicyclic) bond motifs is 1. The van der Waals surface area contributed by atoms with Crippen molar-refractivity contribution in [1.29, 1.82) is 0 Å². The van der Waals surface area contributed by atoms with E-state index in [0.717, 1.165) is 16.5 Å². The van der Waals surface area contributed by atoms with E-state index in [1.165, 1.54) is 0 Å². The molecule has 6 nitrogen and oxygen atoms in total. The lowest BCUT2D eigenvalue weighted by Crippen LogP contribution is -2.32. The Labute approximate surface area is 154 Å². The van der Waals surface area contributed by atoms with Crippen molar-refractivity contribution in [1.82, 2.24) is 20.0 Å². The van der Waals surface area contributed by atoms with Crippen LogP contribution >= 0.6 is 0 Å². The number of amides is 1. The maximum atomic E-state index is 13.3. The predicted molar refractivity (Wildman–Crippen MR) is 97.3 cm³/mol. The summed E-state index contributed by atoms with van der Waals surface area (Å²) in [5.74, 6) is -3.01. The number of carbonyl (C=O) groups is 1. The number of nitrogens with one attached hydrogen (secondary N) is 1. The first-order chi connectivity index (χ1) is 12.9. The van der Waals surface area contributed by atoms with Crippen LogP contribution in [0.2, 0.25) is 0 Å². The van der Waals surface area contributed by atoms with Gasteiger partial charge in [-0.15, -0.1) is 10.2 Å². The van der Waals surface area contributed by atoms with Crippen molar-refractivity contribution in [3.05, 3.63) is 36.7 Å². The van der Waals surface area contributed by atoms with Gasteiger partial charge in [0.25, 0.3) is 0 Å². The highest BCUT2D eigenvalue weighted by atomic mass is 19.3. The third-order valence-corrected chi connectivity index (χ3v) is 4.96. The molecule has 1 aromatic carbocycles. The van der Waals surface area contributed by atoms with Crippen molar-refractivity contribution in [2.75, 3.05) is 5.32 Å². The Morgan fingerprint density at radius 2 is 1.96 bits per heavy atom. The summed E-state index contributed by atoms with van der Waals surface area (Å²) in [5, 5.41) is 15.9. The normalized spacial score (nSPS) is 17.1. The van der Waals surface area contributed by atoms with Crippen molar-refractivity contribution in [3.8, 4) is 11.1 Å². The molecule has 1 amide bonds. The maximum Gasteiger partial charge on any atom is 0.248 e. The molecular formula is C19H19F2N5O. The lowest BCUT2D eigenvalue weighted by atomic mass is 9.86. The number of alkyl halides is 2. The predicted octanol–water partition coefficient (Wildman–Crippen LogP) is 3.79. The summed E-state index contributed by atoms with van der Waals surface area (Å²) in [6.07, 6.45) is 3.57. The molecule has 1 aliphatic rings. The summed E-state index contributed by atoms with van der Waals surface area (Å²) >= 11 is 0. The van der Waals surface area contributed by atoms with Crippen molar-refractivity contribution < 1.29 is 13.6 Å². The zero-order chi connectivity index (χ0) is 19.0. The van der Waals surface area contributed by atoms with E-state index in [-0.39, 0.29) is 31.6 Å². The molecule has 0 atom stereocenters. The topological polar surface area (TPSA) is 72.7 Å². The minimum Gasteiger partial charge on any atom is -0.309 e. The first kappa shape index (κ1) is 17.5. The van der Waals surface area contributed by atoms with E-state index in [9.17, 15) is 13.6 Å². The summed E-state index contributed by atoms with van der Waals surface area (Å²) < 4.78 is 28.2. The Bertz CT molecular complexity index is 991. The van der Waals surface area contributed by atoms with Gasteiger partial charge in [0, 0.05) is 43.0 Å². The Balaban J connectivity index is 1.53. The van der Waals surface area contributed by atoms with E-state index in [2.05, 4.69) is 20.6 Å². The number of benzene rings is 1. The van der Waals surface area contributed by atoms with Crippen LogP contribution in [0.4, 0.5) is 14.6 Å². The summed E-state index contributed by atoms with van der Waals surface area (Å²) in [5.41, 5.74) is 2.67. The number of hydrogen-bond acceptors (Lipinski definition) is 4. The number of aromatic nitrogens is 4. The van der Waals surface area contributed by atoms with E-state index in [0.29, 0.717) is 11.3 Å². The van der Waals surface area contributed by atoms with Gasteiger partial charge >= 0.3 is 0 Å². The molecule has 0 unspecified atom stereocenters. The number of aryl methyl sites for hydroxylation is 1. The van der Waals surface area contributed by atoms with E-state index < -0.39 is 11.8 Å². The van der Waals surface area contributed by atoms with Crippen LogP contribution in [0.15, 0.2) is 36.7 Å². The number of anilines is 1. The number of nitrogens with zero attached hydrogens (tertiary/aromatic N) is 4. The first-order valence-electron chi connectivity index (χ1n) is 8.85. The van der Waals surface area contributed by atoms with E-state index in [4.69, 9.17) is 0 Å². The molecule has 0 bridgehead atoms. The smallest absolute Gasteiger partial charge is 0.248 e. The largest absolute Gasteiger partial charge is 0.309 e. The third-order valence-electron chi connectivity index (χ3n) is 4.96. The van der Waals surface area contributed by atoms with Gasteiger partial charge in [-0.25, -0.2) is 8.78 Å². The van der Waals surface area contributed by atoms with Gasteiger partial charge in [-0.2, -0.15) is 5.10 Å². The monoisotopic (exact) mass is 371 g/mol. The average Bonchev–Trinajstić information content (AvgIpc) is 3.07. The fourth-order valence-electron chi connectivity index (χ4n) is 3.39. The highest BCUT2D eigenvalue weighted by Crippen LogP contribution is 2.36. The van der Waals surface area contributed by atoms with Crippen molar-refractivity contribution >= 4 is 22.6 Å². The lowest BCUT2D eigenvalue weighted by Gasteiger charge is -2.27. The van der Waals surface area contributed by atoms with Crippen molar-refractivity contribution in [3.63, 3.8) is 0 Å². The lowest BCUT2D eigenvalue weighted by molar-refractivity contribution is -0.124. The molecule has 0 saturated heterocycles. The SMILES string of the molecule is Cn1cc(-c2ccc3nnc(NC(=O)C4CCC(F)(F)CC4)cc3c2)cn1. The van der Waals surface area contributed by atoms with Crippen molar-refractivity contribution in [2.24, 2.45) is 13.0 Å². The second-order valence-electron chi connectivity index (χ2n) is 7.03. The molecule has 1 saturated carbocycles. The quantitative estimate of drug-likeness (QED) is 0.760. The molecule has 1 N–H and O–H groups in total. The molecule has 140 valence electrons. The van der Waals surface area contributed by atoms with Gasteiger partial charge in [0.15, 0.2) is 5.82 Å². The number of carbonyl (C=O) groups excluding carboxylic acids is 1. The highest BCUT2D eigenvalue weighted by Gasteiger charge is 2.37. The fourth-order valence-corrected chi connectivity index (χ4v) is 3.39. The molecule has 1 fully saturated rings. The van der Waals surface area contributed by atoms with Crippen LogP contribution in [0, 0.1) is 5.92 Å². The molecule has 0 aliphatic heterocycles. The van der Waals surface area contributed by atoms with Gasteiger partial charge in [-0.05, 0) is 36.6 Å². The van der Waals surface area contributed by atoms with Crippen molar-refractivity contribution in [2.45, 2.75) is 31.6 Å². The summed E-state index contributed by atoms with van der Waals surface area (Å²) in [4.78, 5) is 12.4. The van der Waals surface area contributed by atoms with Crippen LogP contribution in [0.25, 0.3) is 22.0 Å². The van der Waals surface area contributed by atoms with Gasteiger partial charge in [0.05, 0.1) is 11.7 Å². The molecule has 27 heavy (non-hydrogen) atoms. The van der Waals surface area contributed by atoms with Gasteiger partial charge in [0.2, 0.25) is 11.8 Å². The summed E-state index contributed by atoms with van der Waals surface area (Å²) in [7, 11) is 1.85. The van der Waals surface area contributed by atoms with E-state index in [1.54, 1.807) is 16.9 Å². The molecule has 0 radical (unpaired) electrons. The van der Waals surface area contributed by atoms with Crippen LogP contribution in [-0.4, -0.2) is 31.8 Å². The van der Waals surface area contributed by atoms with Crippen LogP contribution in [-0.2, 0) is 11.8 Å². The molecule has 4 rings (SSSR count). The Kier molecular flexibility index (Phi) is 4.33. The maximum absolute atomic E-state index is 13.3. The van der Waals surface area contributed by atoms with Gasteiger partial charge in [0.1, 0.15) is 0 Å². The average molecular weight is 371 g/mol. The second kappa shape index (κ2) is 6.68. The zero-order valence-electron chi connectivity index (χ0n) is 14.8. The molecule has 2 aromatic heterocycles. The summed E-state index contributed by atoms with van der Waals surface area (Å²) in [6.45, 7) is 0. The first-order valence-corrected chi connectivity index (χ1v) is 8.85. The number of hydrogen-bond donors (Lipinski definition) is 1. The Morgan fingerprint density at radius 1 is 1.19 bits per heavy atom. The highest BCUT2D eigenvalue weighted by molar-refractivity contribution is 5.94. The second-order valence-corrected chi connectivity index (χ2v) is 7.03. The third kappa shape index (κ3) is 3.79. The molecule has 2 heterocycles. The fraction of sp³-hybridized carbons (Fsp3) is 0.368. The number of rotatable bonds is 3. The van der Waals surface area contributed by atoms with Crippen LogP contribution in [0.1, 0.15) is 25.7 Å². The van der Waals surface area contributed by atoms with E-state index in [1.807, 2.05) is 31.4 Å². The Hall–Kier alpha value is -2.90. The van der Waals surface area contributed by atoms with Gasteiger partial charge in [-0.3, -0.25) is 9.48 Å². The summed E-state index contributed by atoms with van der Waals surface area (Å²) in [6, 6.07) is 7.50. The van der Waals surface area contributed by atoms with Crippen LogP contribution < -0.4 is 5.32 Å².